The lowest BCUT2D eigenvalue weighted by molar-refractivity contribution is 0.474. The summed E-state index contributed by atoms with van der Waals surface area (Å²) >= 11 is 0. The van der Waals surface area contributed by atoms with Crippen molar-refractivity contribution in [2.75, 3.05) is 17.6 Å². The molecule has 0 atom stereocenters. The van der Waals surface area contributed by atoms with Crippen molar-refractivity contribution < 1.29 is 0 Å². The van der Waals surface area contributed by atoms with Crippen LogP contribution in [-0.2, 0) is 0 Å². The molecule has 1 aliphatic rings. The third-order valence-electron chi connectivity index (χ3n) is 2.86. The zero-order chi connectivity index (χ0) is 10.7. The van der Waals surface area contributed by atoms with Gasteiger partial charge in [0, 0.05) is 6.54 Å². The average molecular weight is 209 g/mol. The minimum absolute atomic E-state index is 0.467. The standard InChI is InChI=1S/C10H19N5/c1-2-7-12-10-13-9(11)15(14-10)8-5-3-4-6-8/h8H,2-7H2,1H3,(H3,11,12,13,14). The van der Waals surface area contributed by atoms with Crippen molar-refractivity contribution >= 4 is 11.9 Å². The highest BCUT2D eigenvalue weighted by atomic mass is 15.4. The maximum Gasteiger partial charge on any atom is 0.243 e. The van der Waals surface area contributed by atoms with Crippen LogP contribution in [0.3, 0.4) is 0 Å². The predicted octanol–water partition coefficient (Wildman–Crippen LogP) is 1.80. The van der Waals surface area contributed by atoms with Crippen molar-refractivity contribution in [3.63, 3.8) is 0 Å². The summed E-state index contributed by atoms with van der Waals surface area (Å²) < 4.78 is 1.88. The van der Waals surface area contributed by atoms with Gasteiger partial charge in [-0.2, -0.15) is 4.98 Å². The van der Waals surface area contributed by atoms with Gasteiger partial charge in [-0.25, -0.2) is 4.68 Å². The van der Waals surface area contributed by atoms with Gasteiger partial charge in [-0.05, 0) is 19.3 Å². The maximum absolute atomic E-state index is 5.84. The first kappa shape index (κ1) is 10.3. The van der Waals surface area contributed by atoms with E-state index in [1.165, 1.54) is 25.7 Å². The molecule has 2 rings (SSSR count). The monoisotopic (exact) mass is 209 g/mol. The summed E-state index contributed by atoms with van der Waals surface area (Å²) in [4.78, 5) is 4.21. The van der Waals surface area contributed by atoms with Gasteiger partial charge < -0.3 is 11.1 Å². The molecule has 1 aliphatic carbocycles. The van der Waals surface area contributed by atoms with Gasteiger partial charge in [0.15, 0.2) is 0 Å². The van der Waals surface area contributed by atoms with E-state index in [9.17, 15) is 0 Å². The second-order valence-electron chi connectivity index (χ2n) is 4.10. The Morgan fingerprint density at radius 3 is 2.87 bits per heavy atom. The maximum atomic E-state index is 5.84. The first-order valence-electron chi connectivity index (χ1n) is 5.77. The molecule has 1 aromatic heterocycles. The number of rotatable bonds is 4. The normalized spacial score (nSPS) is 17.1. The van der Waals surface area contributed by atoms with Gasteiger partial charge in [-0.3, -0.25) is 0 Å². The second kappa shape index (κ2) is 4.51. The van der Waals surface area contributed by atoms with E-state index in [0.29, 0.717) is 17.9 Å². The summed E-state index contributed by atoms with van der Waals surface area (Å²) in [5.41, 5.74) is 5.84. The number of nitrogens with one attached hydrogen (secondary N) is 1. The van der Waals surface area contributed by atoms with E-state index in [-0.39, 0.29) is 0 Å². The molecule has 0 aromatic carbocycles. The van der Waals surface area contributed by atoms with Crippen LogP contribution in [0.2, 0.25) is 0 Å². The van der Waals surface area contributed by atoms with Gasteiger partial charge in [0.2, 0.25) is 11.9 Å². The van der Waals surface area contributed by atoms with Crippen molar-refractivity contribution in [1.82, 2.24) is 14.8 Å². The van der Waals surface area contributed by atoms with Crippen LogP contribution in [0.5, 0.6) is 0 Å². The summed E-state index contributed by atoms with van der Waals surface area (Å²) in [5, 5.41) is 7.55. The van der Waals surface area contributed by atoms with E-state index in [1.54, 1.807) is 0 Å². The lowest BCUT2D eigenvalue weighted by atomic mass is 10.3. The highest BCUT2D eigenvalue weighted by Gasteiger charge is 2.20. The Hall–Kier alpha value is -1.26. The minimum atomic E-state index is 0.467. The second-order valence-corrected chi connectivity index (χ2v) is 4.10. The van der Waals surface area contributed by atoms with Gasteiger partial charge in [0.25, 0.3) is 0 Å². The molecule has 1 saturated carbocycles. The molecule has 0 radical (unpaired) electrons. The van der Waals surface area contributed by atoms with Crippen molar-refractivity contribution in [2.24, 2.45) is 0 Å². The van der Waals surface area contributed by atoms with Crippen molar-refractivity contribution in [1.29, 1.82) is 0 Å². The SMILES string of the molecule is CCCNc1nc(N)n(C2CCCC2)n1. The molecule has 1 heterocycles. The zero-order valence-electron chi connectivity index (χ0n) is 9.24. The van der Waals surface area contributed by atoms with Crippen LogP contribution >= 0.6 is 0 Å². The molecule has 1 aromatic rings. The van der Waals surface area contributed by atoms with Crippen LogP contribution in [0.25, 0.3) is 0 Å². The summed E-state index contributed by atoms with van der Waals surface area (Å²) in [7, 11) is 0. The third kappa shape index (κ3) is 2.22. The van der Waals surface area contributed by atoms with Gasteiger partial charge in [0.1, 0.15) is 0 Å². The average Bonchev–Trinajstić information content (AvgIpc) is 2.83. The topological polar surface area (TPSA) is 68.8 Å². The molecule has 0 unspecified atom stereocenters. The van der Waals surface area contributed by atoms with Gasteiger partial charge in [0.05, 0.1) is 6.04 Å². The molecule has 5 heteroatoms. The van der Waals surface area contributed by atoms with E-state index in [1.807, 2.05) is 4.68 Å². The van der Waals surface area contributed by atoms with Crippen molar-refractivity contribution in [3.8, 4) is 0 Å². The summed E-state index contributed by atoms with van der Waals surface area (Å²) in [6.07, 6.45) is 5.99. The highest BCUT2D eigenvalue weighted by Crippen LogP contribution is 2.30. The number of anilines is 2. The predicted molar refractivity (Wildman–Crippen MR) is 60.7 cm³/mol. The van der Waals surface area contributed by atoms with E-state index in [0.717, 1.165) is 13.0 Å². The molecule has 0 amide bonds. The van der Waals surface area contributed by atoms with Crippen LogP contribution in [0.15, 0.2) is 0 Å². The van der Waals surface area contributed by atoms with Gasteiger partial charge >= 0.3 is 0 Å². The van der Waals surface area contributed by atoms with Crippen molar-refractivity contribution in [2.45, 2.75) is 45.1 Å². The van der Waals surface area contributed by atoms with E-state index in [4.69, 9.17) is 5.73 Å². The van der Waals surface area contributed by atoms with Crippen molar-refractivity contribution in [3.05, 3.63) is 0 Å². The van der Waals surface area contributed by atoms with E-state index < -0.39 is 0 Å². The molecule has 84 valence electrons. The fourth-order valence-electron chi connectivity index (χ4n) is 2.06. The first-order valence-corrected chi connectivity index (χ1v) is 5.77. The summed E-state index contributed by atoms with van der Waals surface area (Å²) in [6, 6.07) is 0.467. The molecular formula is C10H19N5. The number of hydrogen-bond acceptors (Lipinski definition) is 4. The Morgan fingerprint density at radius 2 is 2.20 bits per heavy atom. The number of nitrogens with zero attached hydrogens (tertiary/aromatic N) is 3. The van der Waals surface area contributed by atoms with Gasteiger partial charge in [-0.15, -0.1) is 5.10 Å². The molecular weight excluding hydrogens is 190 g/mol. The fraction of sp³-hybridized carbons (Fsp3) is 0.800. The number of aromatic nitrogens is 3. The van der Waals surface area contributed by atoms with Crippen LogP contribution in [0, 0.1) is 0 Å². The smallest absolute Gasteiger partial charge is 0.243 e. The number of nitrogen functional groups attached to an aromatic ring is 1. The molecule has 15 heavy (non-hydrogen) atoms. The summed E-state index contributed by atoms with van der Waals surface area (Å²) in [6.45, 7) is 3.01. The molecule has 5 nitrogen and oxygen atoms in total. The quantitative estimate of drug-likeness (QED) is 0.793. The van der Waals surface area contributed by atoms with Crippen LogP contribution in [0.4, 0.5) is 11.9 Å². The van der Waals surface area contributed by atoms with E-state index in [2.05, 4.69) is 22.3 Å². The Labute approximate surface area is 90.1 Å². The van der Waals surface area contributed by atoms with Gasteiger partial charge in [-0.1, -0.05) is 19.8 Å². The molecule has 0 spiro atoms. The molecule has 1 fully saturated rings. The lowest BCUT2D eigenvalue weighted by Gasteiger charge is -2.09. The molecule has 3 N–H and O–H groups in total. The molecule has 0 bridgehead atoms. The summed E-state index contributed by atoms with van der Waals surface area (Å²) in [5.74, 6) is 1.21. The Bertz CT molecular complexity index is 314. The lowest BCUT2D eigenvalue weighted by Crippen LogP contribution is -2.10. The van der Waals surface area contributed by atoms with E-state index >= 15 is 0 Å². The number of nitrogens with two attached hydrogens (primary N) is 1. The Kier molecular flexibility index (Phi) is 3.08. The minimum Gasteiger partial charge on any atom is -0.368 e. The third-order valence-corrected chi connectivity index (χ3v) is 2.86. The van der Waals surface area contributed by atoms with Crippen LogP contribution < -0.4 is 11.1 Å². The molecule has 0 aliphatic heterocycles. The van der Waals surface area contributed by atoms with Crippen LogP contribution in [0.1, 0.15) is 45.1 Å². The Balaban J connectivity index is 2.06. The largest absolute Gasteiger partial charge is 0.368 e. The first-order chi connectivity index (χ1) is 7.31. The molecule has 0 saturated heterocycles. The Morgan fingerprint density at radius 1 is 1.47 bits per heavy atom. The fourth-order valence-corrected chi connectivity index (χ4v) is 2.06. The van der Waals surface area contributed by atoms with Crippen LogP contribution in [-0.4, -0.2) is 21.3 Å². The number of hydrogen-bond donors (Lipinski definition) is 2. The zero-order valence-corrected chi connectivity index (χ0v) is 9.24. The highest BCUT2D eigenvalue weighted by molar-refractivity contribution is 5.31.